The number of rotatable bonds is 1. The molecule has 2 aromatic rings. The summed E-state index contributed by atoms with van der Waals surface area (Å²) in [5.74, 6) is 0.0625. The van der Waals surface area contributed by atoms with Crippen molar-refractivity contribution in [2.45, 2.75) is 24.9 Å². The maximum Gasteiger partial charge on any atom is 0.290 e. The Morgan fingerprint density at radius 3 is 2.57 bits per heavy atom. The summed E-state index contributed by atoms with van der Waals surface area (Å²) in [6.45, 7) is 1.40. The van der Waals surface area contributed by atoms with Gasteiger partial charge in [-0.15, -0.1) is 0 Å². The van der Waals surface area contributed by atoms with Crippen LogP contribution < -0.4 is 0 Å². The zero-order valence-electron chi connectivity index (χ0n) is 13.0. The van der Waals surface area contributed by atoms with E-state index in [9.17, 15) is 4.79 Å². The fraction of sp³-hybridized carbons (Fsp3) is 0.438. The second-order valence-corrected chi connectivity index (χ2v) is 5.98. The molecule has 23 heavy (non-hydrogen) atoms. The normalized spacial score (nSPS) is 23.4. The molecule has 2 aliphatic heterocycles. The number of fused-ring (bicyclic) bond motifs is 3. The molecular weight excluding hydrogens is 296 g/mol. The highest BCUT2D eigenvalue weighted by Gasteiger charge is 2.39. The highest BCUT2D eigenvalue weighted by atomic mass is 16.3. The lowest BCUT2D eigenvalue weighted by Gasteiger charge is -2.38. The molecular formula is C16H20N4O3. The van der Waals surface area contributed by atoms with Gasteiger partial charge in [0.2, 0.25) is 0 Å². The number of aromatic amines is 1. The molecule has 0 radical (unpaired) electrons. The van der Waals surface area contributed by atoms with E-state index in [0.29, 0.717) is 17.8 Å². The van der Waals surface area contributed by atoms with E-state index in [4.69, 9.17) is 9.90 Å². The zero-order chi connectivity index (χ0) is 16.4. The molecule has 0 aliphatic carbocycles. The molecule has 7 nitrogen and oxygen atoms in total. The Bertz CT molecular complexity index is 700. The summed E-state index contributed by atoms with van der Waals surface area (Å²) in [7, 11) is 2.17. The lowest BCUT2D eigenvalue weighted by atomic mass is 10.1. The minimum atomic E-state index is -0.250. The Morgan fingerprint density at radius 2 is 1.91 bits per heavy atom. The lowest BCUT2D eigenvalue weighted by Crippen LogP contribution is -2.53. The summed E-state index contributed by atoms with van der Waals surface area (Å²) in [6.07, 6.45) is 2.40. The van der Waals surface area contributed by atoms with Gasteiger partial charge >= 0.3 is 0 Å². The summed E-state index contributed by atoms with van der Waals surface area (Å²) in [4.78, 5) is 25.5. The standard InChI is InChI=1S/C15H18N4O.CH2O2/c1-18-10-6-7-11(18)9-19(8-10)15(20)14-12-4-2-3-5-13(12)16-17-14;2-1-3/h2-5,10-11H,6-9H2,1H3,(H,16,17);1H,(H,2,3). The van der Waals surface area contributed by atoms with Crippen LogP contribution >= 0.6 is 0 Å². The molecule has 0 spiro atoms. The Balaban J connectivity index is 0.000000485. The van der Waals surface area contributed by atoms with Gasteiger partial charge in [0.25, 0.3) is 12.4 Å². The largest absolute Gasteiger partial charge is 0.483 e. The van der Waals surface area contributed by atoms with E-state index in [-0.39, 0.29) is 12.4 Å². The molecule has 1 aromatic carbocycles. The van der Waals surface area contributed by atoms with Crippen molar-refractivity contribution in [3.63, 3.8) is 0 Å². The van der Waals surface area contributed by atoms with Crippen molar-refractivity contribution in [1.82, 2.24) is 20.0 Å². The quantitative estimate of drug-likeness (QED) is 0.771. The van der Waals surface area contributed by atoms with Crippen molar-refractivity contribution >= 4 is 23.3 Å². The predicted octanol–water partition coefficient (Wildman–Crippen LogP) is 1.18. The van der Waals surface area contributed by atoms with E-state index in [2.05, 4.69) is 22.1 Å². The topological polar surface area (TPSA) is 89.5 Å². The van der Waals surface area contributed by atoms with Crippen LogP contribution in [0.15, 0.2) is 24.3 Å². The number of carboxylic acid groups (broad SMARTS) is 1. The average Bonchev–Trinajstić information content (AvgIpc) is 3.04. The summed E-state index contributed by atoms with van der Waals surface area (Å²) in [5, 5.41) is 15.0. The van der Waals surface area contributed by atoms with Gasteiger partial charge in [0, 0.05) is 30.6 Å². The van der Waals surface area contributed by atoms with Gasteiger partial charge in [0.1, 0.15) is 0 Å². The summed E-state index contributed by atoms with van der Waals surface area (Å²) < 4.78 is 0. The molecule has 0 saturated carbocycles. The predicted molar refractivity (Wildman–Crippen MR) is 85.3 cm³/mol. The van der Waals surface area contributed by atoms with E-state index in [0.717, 1.165) is 24.0 Å². The molecule has 2 atom stereocenters. The number of H-pyrrole nitrogens is 1. The summed E-state index contributed by atoms with van der Waals surface area (Å²) >= 11 is 0. The Morgan fingerprint density at radius 1 is 1.30 bits per heavy atom. The number of aromatic nitrogens is 2. The molecule has 7 heteroatoms. The molecule has 2 aliphatic rings. The number of benzene rings is 1. The van der Waals surface area contributed by atoms with Crippen molar-refractivity contribution in [1.29, 1.82) is 0 Å². The molecule has 2 fully saturated rings. The van der Waals surface area contributed by atoms with Gasteiger partial charge in [-0.1, -0.05) is 18.2 Å². The van der Waals surface area contributed by atoms with E-state index in [1.54, 1.807) is 0 Å². The maximum atomic E-state index is 12.7. The molecule has 4 rings (SSSR count). The lowest BCUT2D eigenvalue weighted by molar-refractivity contribution is -0.122. The van der Waals surface area contributed by atoms with Gasteiger partial charge in [0.05, 0.1) is 5.52 Å². The minimum absolute atomic E-state index is 0.0625. The summed E-state index contributed by atoms with van der Waals surface area (Å²) in [6, 6.07) is 8.84. The fourth-order valence-electron chi connectivity index (χ4n) is 3.56. The Labute approximate surface area is 133 Å². The van der Waals surface area contributed by atoms with Crippen LogP contribution in [-0.4, -0.2) is 69.7 Å². The van der Waals surface area contributed by atoms with Crippen molar-refractivity contribution in [3.8, 4) is 0 Å². The van der Waals surface area contributed by atoms with Crippen LogP contribution in [0.1, 0.15) is 23.3 Å². The number of hydrogen-bond acceptors (Lipinski definition) is 4. The minimum Gasteiger partial charge on any atom is -0.483 e. The number of nitrogens with one attached hydrogen (secondary N) is 1. The van der Waals surface area contributed by atoms with Gasteiger partial charge in [-0.25, -0.2) is 0 Å². The number of piperazine rings is 1. The highest BCUT2D eigenvalue weighted by molar-refractivity contribution is 6.04. The van der Waals surface area contributed by atoms with Gasteiger partial charge < -0.3 is 10.0 Å². The zero-order valence-corrected chi connectivity index (χ0v) is 13.0. The van der Waals surface area contributed by atoms with Gasteiger partial charge in [-0.05, 0) is 26.0 Å². The fourth-order valence-corrected chi connectivity index (χ4v) is 3.56. The molecule has 2 bridgehead atoms. The Hall–Kier alpha value is -2.41. The molecule has 1 aromatic heterocycles. The van der Waals surface area contributed by atoms with Crippen LogP contribution in [0.25, 0.3) is 10.9 Å². The third-order valence-electron chi connectivity index (χ3n) is 4.81. The number of likely N-dealkylation sites (tertiary alicyclic amines) is 1. The first-order chi connectivity index (χ1) is 11.2. The molecule has 1 amide bonds. The third kappa shape index (κ3) is 2.79. The van der Waals surface area contributed by atoms with E-state index < -0.39 is 0 Å². The van der Waals surface area contributed by atoms with Gasteiger partial charge in [0.15, 0.2) is 5.69 Å². The summed E-state index contributed by atoms with van der Waals surface area (Å²) in [5.41, 5.74) is 1.48. The van der Waals surface area contributed by atoms with Crippen LogP contribution in [-0.2, 0) is 4.79 Å². The SMILES string of the molecule is CN1C2CCC1CN(C(=O)c1n[nH]c3ccccc13)C2.O=CO. The molecule has 2 saturated heterocycles. The first-order valence-electron chi connectivity index (χ1n) is 7.68. The number of para-hydroxylation sites is 1. The maximum absolute atomic E-state index is 12.7. The smallest absolute Gasteiger partial charge is 0.290 e. The van der Waals surface area contributed by atoms with E-state index in [1.807, 2.05) is 29.2 Å². The third-order valence-corrected chi connectivity index (χ3v) is 4.81. The first-order valence-corrected chi connectivity index (χ1v) is 7.68. The van der Waals surface area contributed by atoms with Gasteiger partial charge in [-0.3, -0.25) is 19.6 Å². The van der Waals surface area contributed by atoms with Crippen LogP contribution in [0.5, 0.6) is 0 Å². The van der Waals surface area contributed by atoms with Crippen LogP contribution in [0, 0.1) is 0 Å². The van der Waals surface area contributed by atoms with Crippen LogP contribution in [0.3, 0.4) is 0 Å². The average molecular weight is 316 g/mol. The molecule has 3 heterocycles. The number of nitrogens with zero attached hydrogens (tertiary/aromatic N) is 3. The van der Waals surface area contributed by atoms with Crippen molar-refractivity contribution < 1.29 is 14.7 Å². The number of hydrogen-bond donors (Lipinski definition) is 2. The Kier molecular flexibility index (Phi) is 4.29. The molecule has 122 valence electrons. The van der Waals surface area contributed by atoms with Crippen molar-refractivity contribution in [2.24, 2.45) is 0 Å². The molecule has 2 N–H and O–H groups in total. The number of carbonyl (C=O) groups excluding carboxylic acids is 1. The monoisotopic (exact) mass is 316 g/mol. The van der Waals surface area contributed by atoms with Crippen molar-refractivity contribution in [2.75, 3.05) is 20.1 Å². The highest BCUT2D eigenvalue weighted by Crippen LogP contribution is 2.29. The number of carbonyl (C=O) groups is 2. The van der Waals surface area contributed by atoms with Crippen LogP contribution in [0.4, 0.5) is 0 Å². The van der Waals surface area contributed by atoms with Gasteiger partial charge in [-0.2, -0.15) is 5.10 Å². The number of likely N-dealkylation sites (N-methyl/N-ethyl adjacent to an activating group) is 1. The molecule has 2 unspecified atom stereocenters. The van der Waals surface area contributed by atoms with E-state index in [1.165, 1.54) is 12.8 Å². The number of amides is 1. The first kappa shape index (κ1) is 15.5. The second-order valence-electron chi connectivity index (χ2n) is 5.98. The second kappa shape index (κ2) is 6.37. The van der Waals surface area contributed by atoms with Crippen LogP contribution in [0.2, 0.25) is 0 Å². The van der Waals surface area contributed by atoms with Crippen molar-refractivity contribution in [3.05, 3.63) is 30.0 Å². The van der Waals surface area contributed by atoms with E-state index >= 15 is 0 Å².